The first-order valence-electron chi connectivity index (χ1n) is 9.24. The molecule has 0 aliphatic carbocycles. The number of methoxy groups -OCH3 is 1. The predicted molar refractivity (Wildman–Crippen MR) is 109 cm³/mol. The van der Waals surface area contributed by atoms with Crippen LogP contribution in [0.3, 0.4) is 0 Å². The summed E-state index contributed by atoms with van der Waals surface area (Å²) in [4.78, 5) is 28.9. The van der Waals surface area contributed by atoms with Gasteiger partial charge in [0.25, 0.3) is 0 Å². The number of carbonyl (C=O) groups is 2. The largest absolute Gasteiger partial charge is 0.497 e. The fourth-order valence-electron chi connectivity index (χ4n) is 3.38. The Kier molecular flexibility index (Phi) is 6.00. The predicted octanol–water partition coefficient (Wildman–Crippen LogP) is 3.02. The maximum Gasteiger partial charge on any atom is 0.229 e. The number of hydrogen-bond acceptors (Lipinski definition) is 3. The highest BCUT2D eigenvalue weighted by Crippen LogP contribution is 2.28. The van der Waals surface area contributed by atoms with E-state index in [2.05, 4.69) is 5.92 Å². The van der Waals surface area contributed by atoms with E-state index in [4.69, 9.17) is 11.2 Å². The van der Waals surface area contributed by atoms with Crippen LogP contribution in [-0.4, -0.2) is 36.9 Å². The van der Waals surface area contributed by atoms with E-state index in [1.54, 1.807) is 29.0 Å². The van der Waals surface area contributed by atoms with Crippen LogP contribution in [0.25, 0.3) is 0 Å². The highest BCUT2D eigenvalue weighted by Gasteiger charge is 2.37. The first kappa shape index (κ1) is 19.5. The van der Waals surface area contributed by atoms with Crippen LogP contribution in [0.2, 0.25) is 0 Å². The molecule has 1 unspecified atom stereocenters. The van der Waals surface area contributed by atoms with Gasteiger partial charge in [0.2, 0.25) is 11.8 Å². The molecule has 1 aliphatic rings. The molecule has 0 bridgehead atoms. The summed E-state index contributed by atoms with van der Waals surface area (Å²) in [6.45, 7) is 3.04. The Labute approximate surface area is 165 Å². The summed E-state index contributed by atoms with van der Waals surface area (Å²) in [5.74, 6) is 2.76. The van der Waals surface area contributed by atoms with Crippen molar-refractivity contribution in [2.24, 2.45) is 5.92 Å². The molecule has 0 aromatic heterocycles. The molecule has 1 atom stereocenters. The van der Waals surface area contributed by atoms with Gasteiger partial charge in [0.15, 0.2) is 0 Å². The molecule has 0 spiro atoms. The van der Waals surface area contributed by atoms with Crippen molar-refractivity contribution in [1.82, 2.24) is 4.90 Å². The minimum Gasteiger partial charge on any atom is -0.497 e. The molecule has 0 radical (unpaired) electrons. The summed E-state index contributed by atoms with van der Waals surface area (Å²) < 4.78 is 5.16. The second kappa shape index (κ2) is 8.62. The summed E-state index contributed by atoms with van der Waals surface area (Å²) >= 11 is 0. The maximum atomic E-state index is 13.1. The molecule has 1 saturated heterocycles. The maximum absolute atomic E-state index is 13.1. The highest BCUT2D eigenvalue weighted by atomic mass is 16.5. The highest BCUT2D eigenvalue weighted by molar-refractivity contribution is 6.00. The zero-order chi connectivity index (χ0) is 20.1. The molecule has 1 fully saturated rings. The molecule has 2 aromatic rings. The van der Waals surface area contributed by atoms with Crippen LogP contribution < -0.4 is 9.64 Å². The fraction of sp³-hybridized carbons (Fsp3) is 0.304. The van der Waals surface area contributed by atoms with Gasteiger partial charge in [-0.1, -0.05) is 35.7 Å². The lowest BCUT2D eigenvalue weighted by Crippen LogP contribution is -2.37. The van der Waals surface area contributed by atoms with Crippen LogP contribution in [-0.2, 0) is 16.1 Å². The van der Waals surface area contributed by atoms with E-state index >= 15 is 0 Å². The summed E-state index contributed by atoms with van der Waals surface area (Å²) in [5.41, 5.74) is 2.95. The van der Waals surface area contributed by atoms with Crippen molar-refractivity contribution in [2.45, 2.75) is 19.9 Å². The zero-order valence-corrected chi connectivity index (χ0v) is 16.2. The molecule has 0 saturated carbocycles. The third kappa shape index (κ3) is 4.34. The number of ether oxygens (including phenoxy) is 1. The Balaban J connectivity index is 1.71. The quantitative estimate of drug-likeness (QED) is 0.728. The molecule has 0 N–H and O–H groups in total. The zero-order valence-electron chi connectivity index (χ0n) is 16.2. The molecular formula is C23H24N2O3. The smallest absolute Gasteiger partial charge is 0.229 e. The van der Waals surface area contributed by atoms with E-state index in [0.29, 0.717) is 13.1 Å². The van der Waals surface area contributed by atoms with Gasteiger partial charge in [-0.05, 0) is 36.8 Å². The van der Waals surface area contributed by atoms with Crippen LogP contribution in [0, 0.1) is 25.2 Å². The van der Waals surface area contributed by atoms with Gasteiger partial charge in [-0.15, -0.1) is 6.42 Å². The van der Waals surface area contributed by atoms with E-state index in [0.717, 1.165) is 22.6 Å². The van der Waals surface area contributed by atoms with E-state index < -0.39 is 5.92 Å². The SMILES string of the molecule is C#CCN(Cc1ccc(C)cc1)C(=O)C1CC(=O)N(c2ccc(OC)cc2)C1. The number of carbonyl (C=O) groups excluding carboxylic acids is 2. The lowest BCUT2D eigenvalue weighted by atomic mass is 10.1. The Hall–Kier alpha value is -3.26. The summed E-state index contributed by atoms with van der Waals surface area (Å²) in [6, 6.07) is 15.3. The van der Waals surface area contributed by atoms with Crippen LogP contribution in [0.1, 0.15) is 17.5 Å². The molecular weight excluding hydrogens is 352 g/mol. The lowest BCUT2D eigenvalue weighted by molar-refractivity contribution is -0.135. The number of terminal acetylenes is 1. The average molecular weight is 376 g/mol. The molecule has 1 aliphatic heterocycles. The number of anilines is 1. The summed E-state index contributed by atoms with van der Waals surface area (Å²) in [5, 5.41) is 0. The van der Waals surface area contributed by atoms with Gasteiger partial charge in [-0.25, -0.2) is 0 Å². The van der Waals surface area contributed by atoms with E-state index in [-0.39, 0.29) is 24.8 Å². The third-order valence-corrected chi connectivity index (χ3v) is 4.95. The van der Waals surface area contributed by atoms with Gasteiger partial charge in [0.05, 0.1) is 19.6 Å². The van der Waals surface area contributed by atoms with Gasteiger partial charge in [0, 0.05) is 25.2 Å². The Morgan fingerprint density at radius 2 is 1.89 bits per heavy atom. The molecule has 5 heteroatoms. The Morgan fingerprint density at radius 1 is 1.21 bits per heavy atom. The molecule has 5 nitrogen and oxygen atoms in total. The third-order valence-electron chi connectivity index (χ3n) is 4.95. The lowest BCUT2D eigenvalue weighted by Gasteiger charge is -2.24. The standard InChI is InChI=1S/C23H24N2O3/c1-4-13-24(15-18-7-5-17(2)6-8-18)23(27)19-14-22(26)25(16-19)20-9-11-21(28-3)12-10-20/h1,5-12,19H,13-16H2,2-3H3. The van der Waals surface area contributed by atoms with E-state index in [1.165, 1.54) is 0 Å². The van der Waals surface area contributed by atoms with Crippen LogP contribution >= 0.6 is 0 Å². The molecule has 2 aromatic carbocycles. The number of aryl methyl sites for hydroxylation is 1. The number of nitrogens with zero attached hydrogens (tertiary/aromatic N) is 2. The molecule has 3 rings (SSSR count). The summed E-state index contributed by atoms with van der Waals surface area (Å²) in [7, 11) is 1.60. The first-order chi connectivity index (χ1) is 13.5. The topological polar surface area (TPSA) is 49.9 Å². The monoisotopic (exact) mass is 376 g/mol. The van der Waals surface area contributed by atoms with Crippen molar-refractivity contribution in [3.8, 4) is 18.1 Å². The molecule has 144 valence electrons. The molecule has 1 heterocycles. The minimum atomic E-state index is -0.395. The van der Waals surface area contributed by atoms with E-state index in [1.807, 2.05) is 43.3 Å². The van der Waals surface area contributed by atoms with E-state index in [9.17, 15) is 9.59 Å². The minimum absolute atomic E-state index is 0.0560. The molecule has 28 heavy (non-hydrogen) atoms. The Bertz CT molecular complexity index is 882. The van der Waals surface area contributed by atoms with Crippen molar-refractivity contribution < 1.29 is 14.3 Å². The first-order valence-corrected chi connectivity index (χ1v) is 9.24. The Morgan fingerprint density at radius 3 is 2.50 bits per heavy atom. The van der Waals surface area contributed by atoms with Gasteiger partial charge in [-0.3, -0.25) is 9.59 Å². The number of rotatable bonds is 6. The second-order valence-electron chi connectivity index (χ2n) is 6.99. The summed E-state index contributed by atoms with van der Waals surface area (Å²) in [6.07, 6.45) is 5.68. The van der Waals surface area contributed by atoms with Gasteiger partial charge in [-0.2, -0.15) is 0 Å². The van der Waals surface area contributed by atoms with Crippen molar-refractivity contribution in [3.63, 3.8) is 0 Å². The fourth-order valence-corrected chi connectivity index (χ4v) is 3.38. The van der Waals surface area contributed by atoms with Crippen molar-refractivity contribution in [1.29, 1.82) is 0 Å². The normalized spacial score (nSPS) is 16.0. The van der Waals surface area contributed by atoms with Crippen molar-refractivity contribution in [2.75, 3.05) is 25.1 Å². The second-order valence-corrected chi connectivity index (χ2v) is 6.99. The average Bonchev–Trinajstić information content (AvgIpc) is 3.10. The van der Waals surface area contributed by atoms with Crippen LogP contribution in [0.5, 0.6) is 5.75 Å². The number of hydrogen-bond donors (Lipinski definition) is 0. The van der Waals surface area contributed by atoms with Crippen LogP contribution in [0.4, 0.5) is 5.69 Å². The molecule has 2 amide bonds. The van der Waals surface area contributed by atoms with Gasteiger partial charge >= 0.3 is 0 Å². The van der Waals surface area contributed by atoms with Crippen LogP contribution in [0.15, 0.2) is 48.5 Å². The van der Waals surface area contributed by atoms with Crippen molar-refractivity contribution >= 4 is 17.5 Å². The van der Waals surface area contributed by atoms with Crippen molar-refractivity contribution in [3.05, 3.63) is 59.7 Å². The number of amides is 2. The number of benzene rings is 2. The van der Waals surface area contributed by atoms with Gasteiger partial charge in [0.1, 0.15) is 5.75 Å². The van der Waals surface area contributed by atoms with Gasteiger partial charge < -0.3 is 14.5 Å².